The third-order valence-electron chi connectivity index (χ3n) is 1.93. The summed E-state index contributed by atoms with van der Waals surface area (Å²) in [6.45, 7) is 1.51. The summed E-state index contributed by atoms with van der Waals surface area (Å²) in [7, 11) is -4.17. The fraction of sp³-hybridized carbons (Fsp3) is 0.222. The zero-order chi connectivity index (χ0) is 16.6. The third kappa shape index (κ3) is 10.4. The van der Waals surface area contributed by atoms with Crippen LogP contribution in [0.5, 0.6) is 5.75 Å². The Balaban J connectivity index is 0. The van der Waals surface area contributed by atoms with Crippen LogP contribution in [0.3, 0.4) is 0 Å². The number of hydrogen-bond acceptors (Lipinski definition) is 6. The Morgan fingerprint density at radius 3 is 2.50 bits per heavy atom. The van der Waals surface area contributed by atoms with Gasteiger partial charge in [-0.05, 0) is 19.1 Å². The summed E-state index contributed by atoms with van der Waals surface area (Å²) in [5.41, 5.74) is 9.17. The first kappa shape index (κ1) is 22.9. The predicted molar refractivity (Wildman–Crippen MR) is 81.6 cm³/mol. The molecule has 0 atom stereocenters. The molecule has 123 valence electrons. The Morgan fingerprint density at radius 1 is 1.59 bits per heavy atom. The van der Waals surface area contributed by atoms with Crippen molar-refractivity contribution in [2.24, 2.45) is 10.8 Å². The zero-order valence-electron chi connectivity index (χ0n) is 11.3. The molecule has 0 aromatic carbocycles. The summed E-state index contributed by atoms with van der Waals surface area (Å²) >= 11 is 4.58. The molecule has 10 nitrogen and oxygen atoms in total. The van der Waals surface area contributed by atoms with Gasteiger partial charge in [0.15, 0.2) is 5.11 Å². The molecule has 1 aromatic rings. The normalized spacial score (nSPS) is 10.4. The van der Waals surface area contributed by atoms with E-state index in [1.165, 1.54) is 12.4 Å². The minimum absolute atomic E-state index is 0. The van der Waals surface area contributed by atoms with Gasteiger partial charge in [0.1, 0.15) is 5.69 Å². The van der Waals surface area contributed by atoms with Crippen LogP contribution >= 0.6 is 12.2 Å². The number of aliphatic hydroxyl groups excluding tert-OH is 1. The first-order valence-electron chi connectivity index (χ1n) is 5.20. The number of hydrazone groups is 1. The number of nitrogens with zero attached hydrogens (tertiary/aromatic N) is 2. The molecule has 0 aliphatic heterocycles. The summed E-state index contributed by atoms with van der Waals surface area (Å²) in [6.07, 6.45) is 2.90. The van der Waals surface area contributed by atoms with Crippen LogP contribution in [-0.2, 0) is 34.1 Å². The van der Waals surface area contributed by atoms with Gasteiger partial charge in [-0.1, -0.05) is 8.42 Å². The van der Waals surface area contributed by atoms with Gasteiger partial charge in [0, 0.05) is 11.8 Å². The molecular weight excluding hydrogens is 380 g/mol. The molecule has 0 saturated heterocycles. The second-order valence-corrected chi connectivity index (χ2v) is 5.00. The summed E-state index contributed by atoms with van der Waals surface area (Å²) in [6, 6.07) is 0. The molecule has 0 saturated carbocycles. The van der Waals surface area contributed by atoms with Crippen molar-refractivity contribution in [1.29, 1.82) is 0 Å². The number of thiocarbonyl (C=S) groups is 1. The molecule has 1 radical (unpaired) electrons. The Bertz CT molecular complexity index is 629. The molecule has 0 unspecified atom stereocenters. The van der Waals surface area contributed by atoms with E-state index in [0.717, 1.165) is 0 Å². The molecule has 0 bridgehead atoms. The first-order chi connectivity index (χ1) is 9.56. The van der Waals surface area contributed by atoms with Crippen LogP contribution in [0.1, 0.15) is 16.8 Å². The Labute approximate surface area is 142 Å². The topological polar surface area (TPSA) is 186 Å². The van der Waals surface area contributed by atoms with Crippen LogP contribution < -0.4 is 11.2 Å². The van der Waals surface area contributed by atoms with Crippen molar-refractivity contribution in [1.82, 2.24) is 10.4 Å². The Hall–Kier alpha value is -1.34. The van der Waals surface area contributed by atoms with Crippen LogP contribution in [0, 0.1) is 6.92 Å². The van der Waals surface area contributed by atoms with Gasteiger partial charge in [-0.25, -0.2) is 0 Å². The standard InChI is InChI=1S/C9H12N4O2S.Fe.H2O4S/c1-5-8(15)7(3-12-13-9(10)16)6(4-14)2-11-5;;1-5(2,3)4/h2-3,14-15H,4H2,1H3,(H3,10,13,16);;(H2,1,2,3,4)/q;+3;/p+3. The van der Waals surface area contributed by atoms with E-state index in [2.05, 4.69) is 27.7 Å². The molecule has 0 amide bonds. The summed E-state index contributed by atoms with van der Waals surface area (Å²) in [5.74, 6) is 0.222. The Morgan fingerprint density at radius 2 is 2.09 bits per heavy atom. The number of aryl methyl sites for hydroxylation is 1. The van der Waals surface area contributed by atoms with Gasteiger partial charge in [-0.15, -0.1) is 0 Å². The maximum Gasteiger partial charge on any atom is 3.00 e. The van der Waals surface area contributed by atoms with Crippen molar-refractivity contribution >= 4 is 33.9 Å². The number of hydrogen-bond donors (Lipinski definition) is 3. The van der Waals surface area contributed by atoms with Crippen LogP contribution in [-0.4, -0.2) is 44.0 Å². The summed E-state index contributed by atoms with van der Waals surface area (Å²) < 4.78 is 29.1. The number of nitrogens with two attached hydrogens (primary N) is 1. The van der Waals surface area contributed by atoms with Gasteiger partial charge in [0.2, 0.25) is 0 Å². The van der Waals surface area contributed by atoms with Crippen molar-refractivity contribution in [2.75, 3.05) is 0 Å². The monoisotopic (exact) mass is 397 g/mol. The van der Waals surface area contributed by atoms with E-state index >= 15 is 0 Å². The number of nitrogens with one attached hydrogen (secondary N) is 1. The molecule has 22 heavy (non-hydrogen) atoms. The minimum Gasteiger partial charge on any atom is -0.592 e. The van der Waals surface area contributed by atoms with E-state index in [-0.39, 0.29) is 34.5 Å². The SMILES string of the molecule is Cc1ncc(CO)c(C=NNC(N)=S)c1[OH2+].O=S(=O)([OH2+])[OH2+].[Fe+3]. The van der Waals surface area contributed by atoms with Crippen molar-refractivity contribution < 1.29 is 44.8 Å². The molecule has 1 aromatic heterocycles. The Kier molecular flexibility index (Phi) is 10.8. The molecule has 10 N–H and O–H groups in total. The van der Waals surface area contributed by atoms with Crippen molar-refractivity contribution in [3.63, 3.8) is 0 Å². The van der Waals surface area contributed by atoms with Crippen LogP contribution in [0.25, 0.3) is 0 Å². The molecule has 0 fully saturated rings. The third-order valence-corrected chi connectivity index (χ3v) is 2.02. The summed E-state index contributed by atoms with van der Waals surface area (Å²) in [5, 5.41) is 20.6. The molecule has 0 aliphatic rings. The van der Waals surface area contributed by atoms with Gasteiger partial charge in [-0.3, -0.25) is 19.5 Å². The first-order valence-corrected chi connectivity index (χ1v) is 7.09. The second kappa shape index (κ2) is 10.4. The number of pyridine rings is 1. The molecule has 1 rings (SSSR count). The minimum atomic E-state index is -4.17. The molecule has 0 aliphatic carbocycles. The fourth-order valence-corrected chi connectivity index (χ4v) is 1.15. The molecule has 0 spiro atoms. The fourth-order valence-electron chi connectivity index (χ4n) is 1.10. The van der Waals surface area contributed by atoms with Gasteiger partial charge < -0.3 is 15.9 Å². The second-order valence-electron chi connectivity index (χ2n) is 3.55. The quantitative estimate of drug-likeness (QED) is 0.161. The average Bonchev–Trinajstić information content (AvgIpc) is 2.32. The largest absolute Gasteiger partial charge is 3.00 e. The van der Waals surface area contributed by atoms with Crippen LogP contribution in [0.4, 0.5) is 0 Å². The molecular formula is C9H17FeN4O6S2+6. The van der Waals surface area contributed by atoms with Crippen LogP contribution in [0.2, 0.25) is 0 Å². The predicted octanol–water partition coefficient (Wildman–Crippen LogP) is -2.83. The maximum absolute atomic E-state index is 9.09. The van der Waals surface area contributed by atoms with Crippen molar-refractivity contribution in [2.45, 2.75) is 13.5 Å². The van der Waals surface area contributed by atoms with Crippen LogP contribution in [0.15, 0.2) is 11.3 Å². The molecule has 1 heterocycles. The smallest absolute Gasteiger partial charge is 0.592 e. The number of rotatable bonds is 3. The number of aliphatic hydroxyl groups is 1. The zero-order valence-corrected chi connectivity index (χ0v) is 14.0. The van der Waals surface area contributed by atoms with Gasteiger partial charge in [0.25, 0.3) is 5.75 Å². The van der Waals surface area contributed by atoms with E-state index in [9.17, 15) is 0 Å². The maximum atomic E-state index is 9.09. The van der Waals surface area contributed by atoms with Gasteiger partial charge in [0.05, 0.1) is 18.4 Å². The van der Waals surface area contributed by atoms with Gasteiger partial charge >= 0.3 is 27.5 Å². The number of aromatic nitrogens is 1. The molecule has 13 heteroatoms. The average molecular weight is 397 g/mol. The van der Waals surface area contributed by atoms with Crippen molar-refractivity contribution in [3.05, 3.63) is 23.0 Å². The van der Waals surface area contributed by atoms with E-state index in [0.29, 0.717) is 16.8 Å². The van der Waals surface area contributed by atoms with Crippen molar-refractivity contribution in [3.8, 4) is 5.75 Å². The summed E-state index contributed by atoms with van der Waals surface area (Å²) in [4.78, 5) is 3.97. The van der Waals surface area contributed by atoms with E-state index in [1.807, 2.05) is 0 Å². The van der Waals surface area contributed by atoms with Gasteiger partial charge in [-0.2, -0.15) is 5.10 Å². The van der Waals surface area contributed by atoms with E-state index in [1.54, 1.807) is 6.92 Å². The van der Waals surface area contributed by atoms with E-state index in [4.69, 9.17) is 33.5 Å². The van der Waals surface area contributed by atoms with E-state index < -0.39 is 10.4 Å².